The van der Waals surface area contributed by atoms with Crippen LogP contribution in [0, 0.1) is 48.5 Å². The van der Waals surface area contributed by atoms with Crippen molar-refractivity contribution in [2.75, 3.05) is 0 Å². The number of aromatic nitrogens is 16. The molecule has 133 heavy (non-hydrogen) atoms. The van der Waals surface area contributed by atoms with E-state index in [2.05, 4.69) is 215 Å². The van der Waals surface area contributed by atoms with Gasteiger partial charge in [0.2, 0.25) is 0 Å². The molecule has 0 saturated carbocycles. The number of aryl methyl sites for hydroxylation is 7. The van der Waals surface area contributed by atoms with Crippen molar-refractivity contribution in [1.82, 2.24) is 79.7 Å². The molecule has 0 aliphatic heterocycles. The van der Waals surface area contributed by atoms with Crippen LogP contribution in [0.5, 0.6) is 0 Å². The highest BCUT2D eigenvalue weighted by Gasteiger charge is 2.15. The topological polar surface area (TPSA) is 206 Å². The lowest BCUT2D eigenvalue weighted by molar-refractivity contribution is 0.991. The maximum atomic E-state index is 4.77. The lowest BCUT2D eigenvalue weighted by Crippen LogP contribution is -1.99. The molecule has 0 atom stereocenters. The van der Waals surface area contributed by atoms with E-state index in [9.17, 15) is 0 Å². The number of rotatable bonds is 14. The fourth-order valence-corrected chi connectivity index (χ4v) is 14.2. The Morgan fingerprint density at radius 2 is 0.331 bits per heavy atom. The molecule has 9 aromatic heterocycles. The summed E-state index contributed by atoms with van der Waals surface area (Å²) >= 11 is 0. The van der Waals surface area contributed by atoms with Gasteiger partial charge >= 0.3 is 0 Å². The van der Waals surface area contributed by atoms with Gasteiger partial charge in [0.25, 0.3) is 0 Å². The van der Waals surface area contributed by atoms with E-state index in [-0.39, 0.29) is 0 Å². The Balaban J connectivity index is 0.000000118. The third-order valence-electron chi connectivity index (χ3n) is 20.6. The second kappa shape index (κ2) is 46.3. The summed E-state index contributed by atoms with van der Waals surface area (Å²) in [5.74, 6) is 6.54. The lowest BCUT2D eigenvalue weighted by Gasteiger charge is -2.07. The summed E-state index contributed by atoms with van der Waals surface area (Å²) < 4.78 is 0. The van der Waals surface area contributed by atoms with Crippen LogP contribution in [0.3, 0.4) is 0 Å². The van der Waals surface area contributed by atoms with Gasteiger partial charge in [0, 0.05) is 114 Å². The van der Waals surface area contributed by atoms with E-state index in [1.807, 2.05) is 339 Å². The quantitative estimate of drug-likeness (QED) is 0.0992. The van der Waals surface area contributed by atoms with Crippen molar-refractivity contribution in [2.24, 2.45) is 0 Å². The molecule has 16 nitrogen and oxygen atoms in total. The summed E-state index contributed by atoms with van der Waals surface area (Å²) in [5.41, 5.74) is 27.5. The molecule has 0 aliphatic carbocycles. The number of benzene rings is 12. The average Bonchev–Trinajstić information content (AvgIpc) is 0.855. The molecule has 21 aromatic rings. The van der Waals surface area contributed by atoms with Crippen LogP contribution < -0.4 is 0 Å². The second-order valence-electron chi connectivity index (χ2n) is 30.8. The lowest BCUT2D eigenvalue weighted by atomic mass is 10.0. The summed E-state index contributed by atoms with van der Waals surface area (Å²) in [6.07, 6.45) is 6.97. The zero-order valence-corrected chi connectivity index (χ0v) is 75.0. The Morgan fingerprint density at radius 1 is 0.128 bits per heavy atom. The highest BCUT2D eigenvalue weighted by Crippen LogP contribution is 2.31. The minimum absolute atomic E-state index is 0.675. The molecule has 0 N–H and O–H groups in total. The Kier molecular flexibility index (Phi) is 31.4. The molecule has 0 amide bonds. The van der Waals surface area contributed by atoms with Crippen molar-refractivity contribution in [3.63, 3.8) is 0 Å². The van der Waals surface area contributed by atoms with Crippen molar-refractivity contribution < 1.29 is 0 Å². The molecular weight excluding hydrogens is 1630 g/mol. The van der Waals surface area contributed by atoms with Crippen LogP contribution in [0.15, 0.2) is 455 Å². The van der Waals surface area contributed by atoms with Gasteiger partial charge in [-0.3, -0.25) is 15.0 Å². The van der Waals surface area contributed by atoms with E-state index >= 15 is 0 Å². The van der Waals surface area contributed by atoms with Crippen LogP contribution in [0.4, 0.5) is 0 Å². The monoisotopic (exact) mass is 1720 g/mol. The molecule has 21 rings (SSSR count). The summed E-state index contributed by atoms with van der Waals surface area (Å²) in [7, 11) is 0. The number of nitrogens with zero attached hydrogens (tertiary/aromatic N) is 16. The minimum atomic E-state index is 0.675. The SMILES string of the molecule is Cc1cc(-c2ccccc2)cc(-c2ccccc2)n1.Cc1cc(-c2ccccc2)nc(-c2ccccc2)c1.Cc1cc(-c2ccccc2)nc(-c2ccccc2)n1.Cc1cc(-c2ccccc2)nc(-c2ccncc2)n1.Cc1nc(-c2ccccc2)cc(-c2ccccc2)n1.Cc1nc(-c2ccccc2)nc(-c2ccccc2)n1.Cc1nc(-c2ccccc2)nc(-c2ccncc2)n1. The molecule has 0 radical (unpaired) electrons. The highest BCUT2D eigenvalue weighted by molar-refractivity contribution is 5.74. The minimum Gasteiger partial charge on any atom is -0.265 e. The van der Waals surface area contributed by atoms with Crippen molar-refractivity contribution >= 4 is 0 Å². The van der Waals surface area contributed by atoms with Gasteiger partial charge in [0.15, 0.2) is 34.9 Å². The predicted octanol–water partition coefficient (Wildman–Crippen LogP) is 27.6. The number of hydrogen-bond acceptors (Lipinski definition) is 16. The first-order valence-corrected chi connectivity index (χ1v) is 43.8. The third-order valence-corrected chi connectivity index (χ3v) is 20.6. The number of hydrogen-bond donors (Lipinski definition) is 0. The predicted molar refractivity (Wildman–Crippen MR) is 539 cm³/mol. The van der Waals surface area contributed by atoms with Gasteiger partial charge in [-0.15, -0.1) is 0 Å². The summed E-state index contributed by atoms with van der Waals surface area (Å²) in [6, 6.07) is 144. The van der Waals surface area contributed by atoms with Crippen LogP contribution in [-0.2, 0) is 0 Å². The molecule has 0 fully saturated rings. The maximum absolute atomic E-state index is 4.77. The maximum Gasteiger partial charge on any atom is 0.163 e. The van der Waals surface area contributed by atoms with Crippen LogP contribution in [-0.4, -0.2) is 79.7 Å². The molecule has 0 spiro atoms. The van der Waals surface area contributed by atoms with Crippen LogP contribution in [0.25, 0.3) is 158 Å². The average molecular weight is 1730 g/mol. The molecule has 0 unspecified atom stereocenters. The fourth-order valence-electron chi connectivity index (χ4n) is 14.2. The molecule has 0 aliphatic rings. The molecular formula is C117H96N16. The summed E-state index contributed by atoms with van der Waals surface area (Å²) in [6.45, 7) is 13.8. The third kappa shape index (κ3) is 26.4. The Bertz CT molecular complexity index is 5560. The van der Waals surface area contributed by atoms with Gasteiger partial charge in [-0.05, 0) is 132 Å². The second-order valence-corrected chi connectivity index (χ2v) is 30.8. The standard InChI is InChI=1S/2C18H15N.2C17H14N2.2C16H13N3.C15H12N4/c1-14-12-17(15-8-4-2-5-9-15)13-18(19-14)16-10-6-3-7-11-16;1-14-12-17(15-8-4-2-5-9-15)19-18(13-14)16-10-6-3-7-11-16;1-13-18-16(14-8-4-2-5-9-14)12-17(19-13)15-10-6-3-7-11-15;1-13-12-16(14-8-4-2-5-9-14)19-17(18-13)15-10-6-3-7-11-15;1-12-17-15(13-8-4-2-5-9-13)19-16(18-12)14-10-6-3-7-11-14;1-12-11-15(13-5-3-2-4-6-13)19-16(18-12)14-7-9-17-10-8-14;1-11-17-14(12-5-3-2-4-6-12)19-15(18-11)13-7-9-16-10-8-13/h2*2-13H,1H3;2*2-12H,1H3;2*2-11H,1H3;2-10H,1H3. The van der Waals surface area contributed by atoms with Crippen molar-refractivity contribution in [3.8, 4) is 158 Å². The molecule has 12 aromatic carbocycles. The smallest absolute Gasteiger partial charge is 0.163 e. The first-order valence-electron chi connectivity index (χ1n) is 43.8. The largest absolute Gasteiger partial charge is 0.265 e. The van der Waals surface area contributed by atoms with E-state index in [0.29, 0.717) is 29.1 Å². The van der Waals surface area contributed by atoms with Crippen molar-refractivity contribution in [3.05, 3.63) is 496 Å². The molecule has 0 saturated heterocycles. The summed E-state index contributed by atoms with van der Waals surface area (Å²) in [5, 5.41) is 0. The van der Waals surface area contributed by atoms with Gasteiger partial charge in [-0.25, -0.2) is 64.8 Å². The van der Waals surface area contributed by atoms with Crippen LogP contribution >= 0.6 is 0 Å². The van der Waals surface area contributed by atoms with Gasteiger partial charge < -0.3 is 0 Å². The fraction of sp³-hybridized carbons (Fsp3) is 0.0598. The van der Waals surface area contributed by atoms with Gasteiger partial charge in [-0.1, -0.05) is 364 Å². The summed E-state index contributed by atoms with van der Waals surface area (Å²) in [4.78, 5) is 71.4. The first-order chi connectivity index (χ1) is 65.3. The van der Waals surface area contributed by atoms with E-state index < -0.39 is 0 Å². The van der Waals surface area contributed by atoms with Gasteiger partial charge in [0.05, 0.1) is 39.9 Å². The van der Waals surface area contributed by atoms with E-state index in [4.69, 9.17) is 4.98 Å². The van der Waals surface area contributed by atoms with Crippen LogP contribution in [0.1, 0.15) is 40.1 Å². The van der Waals surface area contributed by atoms with Crippen molar-refractivity contribution in [2.45, 2.75) is 48.5 Å². The van der Waals surface area contributed by atoms with Gasteiger partial charge in [0.1, 0.15) is 17.5 Å². The van der Waals surface area contributed by atoms with Gasteiger partial charge in [-0.2, -0.15) is 0 Å². The number of pyridine rings is 4. The van der Waals surface area contributed by atoms with E-state index in [0.717, 1.165) is 153 Å². The van der Waals surface area contributed by atoms with Crippen LogP contribution in [0.2, 0.25) is 0 Å². The molecule has 9 heterocycles. The molecule has 16 heteroatoms. The van der Waals surface area contributed by atoms with Crippen molar-refractivity contribution in [1.29, 1.82) is 0 Å². The normalized spacial score (nSPS) is 10.4. The Labute approximate surface area is 777 Å². The molecule has 644 valence electrons. The van der Waals surface area contributed by atoms with E-state index in [1.165, 1.54) is 16.7 Å². The Morgan fingerprint density at radius 3 is 0.602 bits per heavy atom. The molecule has 0 bridgehead atoms. The highest BCUT2D eigenvalue weighted by atomic mass is 15.0. The zero-order valence-electron chi connectivity index (χ0n) is 75.0. The first kappa shape index (κ1) is 90.3. The zero-order chi connectivity index (χ0) is 91.6. The van der Waals surface area contributed by atoms with E-state index in [1.54, 1.807) is 24.8 Å². The Hall–Kier alpha value is -17.5.